The molecule has 134 valence electrons. The van der Waals surface area contributed by atoms with E-state index in [9.17, 15) is 4.39 Å². The molecule has 0 fully saturated rings. The van der Waals surface area contributed by atoms with Crippen LogP contribution < -0.4 is 0 Å². The molecule has 0 saturated carbocycles. The topological polar surface area (TPSA) is 46.8 Å². The first-order valence-electron chi connectivity index (χ1n) is 8.59. The van der Waals surface area contributed by atoms with Gasteiger partial charge in [0.2, 0.25) is 0 Å². The van der Waals surface area contributed by atoms with Crippen LogP contribution in [-0.4, -0.2) is 30.4 Å². The van der Waals surface area contributed by atoms with Crippen molar-refractivity contribution in [1.82, 2.24) is 23.8 Å². The van der Waals surface area contributed by atoms with E-state index < -0.39 is 0 Å². The third-order valence-corrected chi connectivity index (χ3v) is 5.60. The van der Waals surface area contributed by atoms with Gasteiger partial charge in [-0.25, -0.2) is 14.4 Å². The van der Waals surface area contributed by atoms with E-state index in [0.29, 0.717) is 0 Å². The summed E-state index contributed by atoms with van der Waals surface area (Å²) in [5.74, 6) is 1.43. The van der Waals surface area contributed by atoms with E-state index >= 15 is 0 Å². The highest BCUT2D eigenvalue weighted by Crippen LogP contribution is 2.34. The van der Waals surface area contributed by atoms with Gasteiger partial charge in [0, 0.05) is 25.7 Å². The molecule has 0 spiro atoms. The lowest BCUT2D eigenvalue weighted by atomic mass is 10.1. The first-order chi connectivity index (χ1) is 12.6. The molecule has 0 bridgehead atoms. The fourth-order valence-electron chi connectivity index (χ4n) is 3.49. The van der Waals surface area contributed by atoms with Crippen molar-refractivity contribution in [2.24, 2.45) is 0 Å². The molecular weight excluding hydrogens is 349 g/mol. The van der Waals surface area contributed by atoms with Crippen molar-refractivity contribution in [3.63, 3.8) is 0 Å². The predicted molar refractivity (Wildman–Crippen MR) is 101 cm³/mol. The number of aryl methyl sites for hydroxylation is 1. The fraction of sp³-hybridized carbons (Fsp3) is 0.316. The highest BCUT2D eigenvalue weighted by atomic mass is 32.1. The van der Waals surface area contributed by atoms with Crippen LogP contribution in [0.2, 0.25) is 0 Å². The maximum absolute atomic E-state index is 13.2. The van der Waals surface area contributed by atoms with Gasteiger partial charge in [-0.05, 0) is 49.2 Å². The highest BCUT2D eigenvalue weighted by Gasteiger charge is 2.30. The minimum atomic E-state index is -0.204. The van der Waals surface area contributed by atoms with Gasteiger partial charge in [-0.15, -0.1) is 0 Å². The Hall–Kier alpha value is -2.38. The molecule has 4 rings (SSSR count). The average Bonchev–Trinajstić information content (AvgIpc) is 3.23. The number of hydrogen-bond acceptors (Lipinski definition) is 5. The molecule has 1 aliphatic heterocycles. The van der Waals surface area contributed by atoms with Gasteiger partial charge in [0.25, 0.3) is 0 Å². The minimum Gasteiger partial charge on any atom is -0.323 e. The maximum atomic E-state index is 13.2. The van der Waals surface area contributed by atoms with Crippen molar-refractivity contribution < 1.29 is 4.39 Å². The fourth-order valence-corrected chi connectivity index (χ4v) is 4.16. The summed E-state index contributed by atoms with van der Waals surface area (Å²) in [5, 5.41) is 0.844. The summed E-state index contributed by atoms with van der Waals surface area (Å²) in [6.07, 6.45) is 1.81. The monoisotopic (exact) mass is 369 g/mol. The first kappa shape index (κ1) is 17.1. The van der Waals surface area contributed by atoms with Gasteiger partial charge in [0.05, 0.1) is 11.4 Å². The number of benzene rings is 1. The third-order valence-electron chi connectivity index (χ3n) is 4.80. The molecule has 3 aromatic rings. The smallest absolute Gasteiger partial charge is 0.179 e. The summed E-state index contributed by atoms with van der Waals surface area (Å²) in [7, 11) is 0. The third kappa shape index (κ3) is 2.97. The molecule has 0 radical (unpaired) electrons. The minimum absolute atomic E-state index is 0.178. The van der Waals surface area contributed by atoms with E-state index in [0.717, 1.165) is 53.2 Å². The van der Waals surface area contributed by atoms with Crippen molar-refractivity contribution in [2.45, 2.75) is 33.0 Å². The summed E-state index contributed by atoms with van der Waals surface area (Å²) < 4.78 is 19.7. The van der Waals surface area contributed by atoms with Gasteiger partial charge in [-0.1, -0.05) is 18.7 Å². The van der Waals surface area contributed by atoms with Crippen LogP contribution in [0.3, 0.4) is 0 Å². The van der Waals surface area contributed by atoms with Crippen LogP contribution in [0, 0.1) is 12.7 Å². The molecule has 0 unspecified atom stereocenters. The summed E-state index contributed by atoms with van der Waals surface area (Å²) >= 11 is 1.38. The molecule has 0 N–H and O–H groups in total. The number of aromatic nitrogens is 4. The van der Waals surface area contributed by atoms with Crippen LogP contribution in [0.15, 0.2) is 30.8 Å². The number of rotatable bonds is 4. The Morgan fingerprint density at radius 1 is 1.27 bits per heavy atom. The molecule has 3 heterocycles. The Kier molecular flexibility index (Phi) is 4.42. The molecule has 0 saturated heterocycles. The van der Waals surface area contributed by atoms with Crippen molar-refractivity contribution in [3.05, 3.63) is 59.4 Å². The van der Waals surface area contributed by atoms with Gasteiger partial charge in [0.1, 0.15) is 11.6 Å². The van der Waals surface area contributed by atoms with Crippen LogP contribution in [0.25, 0.3) is 16.9 Å². The van der Waals surface area contributed by atoms with E-state index in [1.165, 1.54) is 23.7 Å². The molecular formula is C19H20FN5S. The van der Waals surface area contributed by atoms with Gasteiger partial charge >= 0.3 is 0 Å². The normalized spacial score (nSPS) is 17.3. The van der Waals surface area contributed by atoms with E-state index in [1.807, 2.05) is 19.1 Å². The number of nitrogens with zero attached hydrogens (tertiary/aromatic N) is 5. The molecule has 1 atom stereocenters. The zero-order valence-corrected chi connectivity index (χ0v) is 15.6. The molecule has 7 heteroatoms. The second-order valence-corrected chi connectivity index (χ2v) is 7.23. The summed E-state index contributed by atoms with van der Waals surface area (Å²) in [4.78, 5) is 11.7. The van der Waals surface area contributed by atoms with Gasteiger partial charge in [-0.3, -0.25) is 4.90 Å². The van der Waals surface area contributed by atoms with Gasteiger partial charge in [0.15, 0.2) is 10.8 Å². The lowest BCUT2D eigenvalue weighted by Gasteiger charge is -2.35. The number of halogens is 1. The Balaban J connectivity index is 1.67. The number of fused-ring (bicyclic) bond motifs is 1. The second-order valence-electron chi connectivity index (χ2n) is 6.48. The SMILES string of the molecule is C=Cc1nc(-c2nc(C)ns2)n2c1[C@@H](C)N(Cc1ccc(F)cc1)CC2. The second kappa shape index (κ2) is 6.74. The highest BCUT2D eigenvalue weighted by molar-refractivity contribution is 7.09. The molecule has 1 aliphatic rings. The zero-order valence-electron chi connectivity index (χ0n) is 14.8. The van der Waals surface area contributed by atoms with Crippen molar-refractivity contribution >= 4 is 17.6 Å². The van der Waals surface area contributed by atoms with Crippen LogP contribution in [-0.2, 0) is 13.1 Å². The maximum Gasteiger partial charge on any atom is 0.179 e. The van der Waals surface area contributed by atoms with Crippen LogP contribution >= 0.6 is 11.5 Å². The van der Waals surface area contributed by atoms with Crippen molar-refractivity contribution in [1.29, 1.82) is 0 Å². The predicted octanol–water partition coefficient (Wildman–Crippen LogP) is 4.07. The molecule has 5 nitrogen and oxygen atoms in total. The number of imidazole rings is 1. The quantitative estimate of drug-likeness (QED) is 0.696. The Morgan fingerprint density at radius 2 is 2.04 bits per heavy atom. The van der Waals surface area contributed by atoms with E-state index in [1.54, 1.807) is 6.08 Å². The Morgan fingerprint density at radius 3 is 2.69 bits per heavy atom. The lowest BCUT2D eigenvalue weighted by molar-refractivity contribution is 0.161. The molecule has 1 aromatic carbocycles. The Bertz CT molecular complexity index is 943. The zero-order chi connectivity index (χ0) is 18.3. The van der Waals surface area contributed by atoms with Crippen LogP contribution in [0.1, 0.15) is 35.7 Å². The number of hydrogen-bond donors (Lipinski definition) is 0. The molecule has 26 heavy (non-hydrogen) atoms. The van der Waals surface area contributed by atoms with Crippen LogP contribution in [0.5, 0.6) is 0 Å². The van der Waals surface area contributed by atoms with E-state index in [-0.39, 0.29) is 11.9 Å². The molecule has 0 aliphatic carbocycles. The van der Waals surface area contributed by atoms with E-state index in [2.05, 4.69) is 32.3 Å². The summed E-state index contributed by atoms with van der Waals surface area (Å²) in [6.45, 7) is 10.5. The first-order valence-corrected chi connectivity index (χ1v) is 9.36. The van der Waals surface area contributed by atoms with Crippen LogP contribution in [0.4, 0.5) is 4.39 Å². The summed E-state index contributed by atoms with van der Waals surface area (Å²) in [5.41, 5.74) is 3.15. The standard InChI is InChI=1S/C19H20FN5S/c1-4-16-17-12(2)24(11-14-5-7-15(20)8-6-14)9-10-25(17)18(22-16)19-21-13(3)23-26-19/h4-8,12H,1,9-11H2,2-3H3/t12-/m1/s1. The lowest BCUT2D eigenvalue weighted by Crippen LogP contribution is -2.36. The summed E-state index contributed by atoms with van der Waals surface area (Å²) in [6, 6.07) is 6.89. The average molecular weight is 369 g/mol. The molecule has 2 aromatic heterocycles. The largest absolute Gasteiger partial charge is 0.323 e. The molecule has 0 amide bonds. The van der Waals surface area contributed by atoms with Crippen molar-refractivity contribution in [2.75, 3.05) is 6.54 Å². The van der Waals surface area contributed by atoms with Crippen molar-refractivity contribution in [3.8, 4) is 10.8 Å². The van der Waals surface area contributed by atoms with Gasteiger partial charge < -0.3 is 4.57 Å². The van der Waals surface area contributed by atoms with E-state index in [4.69, 9.17) is 4.98 Å². The Labute approximate surface area is 156 Å². The van der Waals surface area contributed by atoms with Gasteiger partial charge in [-0.2, -0.15) is 4.37 Å².